The van der Waals surface area contributed by atoms with E-state index in [0.29, 0.717) is 61.3 Å². The van der Waals surface area contributed by atoms with E-state index in [-0.39, 0.29) is 42.2 Å². The fourth-order valence-electron chi connectivity index (χ4n) is 6.62. The Morgan fingerprint density at radius 3 is 2.62 bits per heavy atom. The number of aliphatic hydroxyl groups excluding tert-OH is 1. The van der Waals surface area contributed by atoms with Gasteiger partial charge < -0.3 is 25.6 Å². The van der Waals surface area contributed by atoms with Crippen molar-refractivity contribution >= 4 is 23.5 Å². The lowest BCUT2D eigenvalue weighted by Gasteiger charge is -2.29. The molecule has 0 unspecified atom stereocenters. The van der Waals surface area contributed by atoms with Crippen LogP contribution in [-0.4, -0.2) is 46.7 Å². The summed E-state index contributed by atoms with van der Waals surface area (Å²) in [6.07, 6.45) is 4.11. The van der Waals surface area contributed by atoms with Crippen LogP contribution in [0.2, 0.25) is 0 Å². The number of carboxylic acids is 1. The number of nitrogens with one attached hydrogen (secondary N) is 2. The number of nitriles is 1. The number of aliphatic carboxylic acids is 1. The third kappa shape index (κ3) is 5.41. The molecule has 2 aliphatic carbocycles. The lowest BCUT2D eigenvalue weighted by molar-refractivity contribution is -0.137. The monoisotopic (exact) mass is 545 g/mol. The van der Waals surface area contributed by atoms with Gasteiger partial charge in [0.15, 0.2) is 0 Å². The summed E-state index contributed by atoms with van der Waals surface area (Å²) in [5, 5.41) is 34.3. The van der Waals surface area contributed by atoms with Gasteiger partial charge in [-0.3, -0.25) is 14.4 Å². The van der Waals surface area contributed by atoms with Gasteiger partial charge >= 0.3 is 5.97 Å². The van der Waals surface area contributed by atoms with Crippen molar-refractivity contribution in [1.29, 1.82) is 5.26 Å². The van der Waals surface area contributed by atoms with E-state index in [2.05, 4.69) is 16.7 Å². The molecular weight excluding hydrogens is 510 g/mol. The van der Waals surface area contributed by atoms with Crippen LogP contribution in [0.1, 0.15) is 78.9 Å². The quantitative estimate of drug-likeness (QED) is 0.393. The normalized spacial score (nSPS) is 26.6. The first kappa shape index (κ1) is 27.7. The van der Waals surface area contributed by atoms with Crippen LogP contribution in [0.25, 0.3) is 0 Å². The predicted molar refractivity (Wildman–Crippen MR) is 147 cm³/mol. The Morgan fingerprint density at radius 2 is 1.90 bits per heavy atom. The van der Waals surface area contributed by atoms with Crippen molar-refractivity contribution in [2.75, 3.05) is 11.9 Å². The zero-order valence-electron chi connectivity index (χ0n) is 22.6. The van der Waals surface area contributed by atoms with Gasteiger partial charge in [-0.2, -0.15) is 5.26 Å². The van der Waals surface area contributed by atoms with Gasteiger partial charge in [-0.25, -0.2) is 0 Å². The minimum atomic E-state index is -0.878. The highest BCUT2D eigenvalue weighted by Gasteiger charge is 2.67. The van der Waals surface area contributed by atoms with Gasteiger partial charge in [0.2, 0.25) is 5.91 Å². The second-order valence-corrected chi connectivity index (χ2v) is 11.3. The number of nitrogens with zero attached hydrogens (tertiary/aromatic N) is 1. The number of aryl methyl sites for hydroxylation is 1. The van der Waals surface area contributed by atoms with Gasteiger partial charge in [0, 0.05) is 34.7 Å². The zero-order valence-corrected chi connectivity index (χ0v) is 22.6. The second kappa shape index (κ2) is 11.3. The number of carbonyl (C=O) groups is 3. The first-order chi connectivity index (χ1) is 19.2. The average molecular weight is 546 g/mol. The Bertz CT molecular complexity index is 1360. The molecule has 2 amide bonds. The van der Waals surface area contributed by atoms with Crippen molar-refractivity contribution < 1.29 is 29.3 Å². The maximum Gasteiger partial charge on any atom is 0.303 e. The molecule has 2 aromatic carbocycles. The first-order valence-electron chi connectivity index (χ1n) is 14.0. The van der Waals surface area contributed by atoms with E-state index in [1.807, 2.05) is 19.1 Å². The number of carboxylic acid groups (broad SMARTS) is 1. The summed E-state index contributed by atoms with van der Waals surface area (Å²) < 4.78 is 5.93. The fraction of sp³-hybridized carbons (Fsp3) is 0.484. The highest BCUT2D eigenvalue weighted by Crippen LogP contribution is 2.65. The smallest absolute Gasteiger partial charge is 0.303 e. The third-order valence-electron chi connectivity index (χ3n) is 8.92. The van der Waals surface area contributed by atoms with Crippen LogP contribution >= 0.6 is 0 Å². The Labute approximate surface area is 233 Å². The molecule has 40 heavy (non-hydrogen) atoms. The fourth-order valence-corrected chi connectivity index (χ4v) is 6.62. The minimum Gasteiger partial charge on any atom is -0.493 e. The zero-order chi connectivity index (χ0) is 28.4. The molecule has 210 valence electrons. The lowest BCUT2D eigenvalue weighted by atomic mass is 9.84. The summed E-state index contributed by atoms with van der Waals surface area (Å²) >= 11 is 0. The Kier molecular flexibility index (Phi) is 7.81. The van der Waals surface area contributed by atoms with Crippen LogP contribution in [0.3, 0.4) is 0 Å². The number of benzene rings is 2. The predicted octanol–water partition coefficient (Wildman–Crippen LogP) is 3.92. The van der Waals surface area contributed by atoms with Crippen LogP contribution in [0.15, 0.2) is 36.4 Å². The molecule has 0 saturated heterocycles. The van der Waals surface area contributed by atoms with E-state index < -0.39 is 11.4 Å². The number of rotatable bonds is 8. The van der Waals surface area contributed by atoms with Gasteiger partial charge in [-0.05, 0) is 86.8 Å². The minimum absolute atomic E-state index is 0.0166. The molecule has 3 atom stereocenters. The summed E-state index contributed by atoms with van der Waals surface area (Å²) in [5.41, 5.74) is 2.66. The average Bonchev–Trinajstić information content (AvgIpc) is 3.53. The first-order valence-corrected chi connectivity index (χ1v) is 14.0. The summed E-state index contributed by atoms with van der Waals surface area (Å²) in [7, 11) is 0. The molecule has 2 aromatic rings. The van der Waals surface area contributed by atoms with Gasteiger partial charge in [-0.15, -0.1) is 0 Å². The highest BCUT2D eigenvalue weighted by atomic mass is 16.5. The van der Waals surface area contributed by atoms with Crippen molar-refractivity contribution in [3.63, 3.8) is 0 Å². The van der Waals surface area contributed by atoms with Gasteiger partial charge in [0.25, 0.3) is 5.91 Å². The van der Waals surface area contributed by atoms with Gasteiger partial charge in [0.1, 0.15) is 5.75 Å². The van der Waals surface area contributed by atoms with Gasteiger partial charge in [0.05, 0.1) is 30.3 Å². The maximum atomic E-state index is 13.7. The number of carbonyl (C=O) groups excluding carboxylic acids is 2. The van der Waals surface area contributed by atoms with Crippen molar-refractivity contribution in [3.8, 4) is 11.8 Å². The van der Waals surface area contributed by atoms with Crippen molar-refractivity contribution in [3.05, 3.63) is 58.7 Å². The molecule has 1 aliphatic heterocycles. The number of aliphatic hydroxyl groups is 1. The second-order valence-electron chi connectivity index (χ2n) is 11.3. The van der Waals surface area contributed by atoms with Crippen LogP contribution in [0.5, 0.6) is 5.75 Å². The molecule has 0 radical (unpaired) electrons. The molecule has 2 fully saturated rings. The summed E-state index contributed by atoms with van der Waals surface area (Å²) in [5.74, 6) is -0.846. The molecule has 9 heteroatoms. The SMILES string of the molecule is C[C@H]1[C@@H](C(=O)Nc2cc(C#N)ccc2CCCC(=O)O)[C@@]12CCOc1ccc(C(=O)N[C@H]3CC[C@H](O)CC3)cc12. The largest absolute Gasteiger partial charge is 0.493 e. The molecule has 9 nitrogen and oxygen atoms in total. The van der Waals surface area contributed by atoms with E-state index in [1.54, 1.807) is 24.3 Å². The number of ether oxygens (including phenoxy) is 1. The third-order valence-corrected chi connectivity index (χ3v) is 8.92. The van der Waals surface area contributed by atoms with Crippen molar-refractivity contribution in [1.82, 2.24) is 5.32 Å². The molecule has 3 aliphatic rings. The Hall–Kier alpha value is -3.90. The van der Waals surface area contributed by atoms with Crippen molar-refractivity contribution in [2.24, 2.45) is 11.8 Å². The van der Waals surface area contributed by atoms with Crippen LogP contribution < -0.4 is 15.4 Å². The number of anilines is 1. The van der Waals surface area contributed by atoms with E-state index in [0.717, 1.165) is 24.0 Å². The summed E-state index contributed by atoms with van der Waals surface area (Å²) in [4.78, 5) is 37.8. The van der Waals surface area contributed by atoms with E-state index >= 15 is 0 Å². The molecule has 1 heterocycles. The number of fused-ring (bicyclic) bond motifs is 2. The van der Waals surface area contributed by atoms with Gasteiger partial charge in [-0.1, -0.05) is 13.0 Å². The molecule has 0 bridgehead atoms. The number of amides is 2. The van der Waals surface area contributed by atoms with Crippen LogP contribution in [-0.2, 0) is 21.4 Å². The topological polar surface area (TPSA) is 149 Å². The maximum absolute atomic E-state index is 13.7. The van der Waals surface area contributed by atoms with Crippen LogP contribution in [0.4, 0.5) is 5.69 Å². The van der Waals surface area contributed by atoms with Crippen LogP contribution in [0, 0.1) is 23.2 Å². The number of hydrogen-bond acceptors (Lipinski definition) is 6. The molecule has 2 saturated carbocycles. The molecule has 1 spiro atoms. The van der Waals surface area contributed by atoms with E-state index in [1.165, 1.54) is 0 Å². The molecule has 5 rings (SSSR count). The number of hydrogen-bond donors (Lipinski definition) is 4. The highest BCUT2D eigenvalue weighted by molar-refractivity contribution is 5.98. The lowest BCUT2D eigenvalue weighted by Crippen LogP contribution is -2.38. The molecule has 4 N–H and O–H groups in total. The summed E-state index contributed by atoms with van der Waals surface area (Å²) in [6, 6.07) is 12.6. The molecular formula is C31H35N3O6. The van der Waals surface area contributed by atoms with E-state index in [9.17, 15) is 24.8 Å². The summed E-state index contributed by atoms with van der Waals surface area (Å²) in [6.45, 7) is 2.51. The Balaban J connectivity index is 1.35. The molecule has 0 aromatic heterocycles. The van der Waals surface area contributed by atoms with E-state index in [4.69, 9.17) is 9.84 Å². The van der Waals surface area contributed by atoms with Crippen molar-refractivity contribution in [2.45, 2.75) is 75.9 Å². The standard InChI is InChI=1S/C31H35N3O6/c1-18-28(30(39)34-25-15-19(17-32)5-6-20(25)3-2-4-27(36)37)31(18)13-14-40-26-12-7-21(16-24(26)31)29(38)33-22-8-10-23(35)11-9-22/h5-7,12,15-16,18,22-23,28,35H,2-4,8-11,13-14H2,1H3,(H,33,38)(H,34,39)(H,36,37)/t18-,22-,23-,28-,31-/m0/s1. The Morgan fingerprint density at radius 1 is 1.12 bits per heavy atom.